The summed E-state index contributed by atoms with van der Waals surface area (Å²) in [7, 11) is 0. The van der Waals surface area contributed by atoms with E-state index in [9.17, 15) is 9.90 Å². The standard InChI is InChI=1S/C18H28O3/c1-5-8-16-17(21-12-7-6-9-13(2)3)11-10-15(14(4)19)18(16)20/h10-11,13,20H,5-9,12H2,1-4H3. The maximum absolute atomic E-state index is 11.5. The van der Waals surface area contributed by atoms with Crippen LogP contribution < -0.4 is 4.74 Å². The number of ketones is 1. The number of Topliss-reactive ketones (excluding diaryl/α,β-unsaturated/α-hetero) is 1. The summed E-state index contributed by atoms with van der Waals surface area (Å²) >= 11 is 0. The molecule has 1 aromatic carbocycles. The van der Waals surface area contributed by atoms with Gasteiger partial charge in [0.1, 0.15) is 11.5 Å². The predicted molar refractivity (Wildman–Crippen MR) is 86.3 cm³/mol. The smallest absolute Gasteiger partial charge is 0.163 e. The molecular weight excluding hydrogens is 264 g/mol. The Balaban J connectivity index is 2.73. The van der Waals surface area contributed by atoms with Crippen LogP contribution in [0.5, 0.6) is 11.5 Å². The second-order valence-corrected chi connectivity index (χ2v) is 5.98. The normalized spacial score (nSPS) is 10.9. The SMILES string of the molecule is CCCc1c(OCCCCC(C)C)ccc(C(C)=O)c1O. The minimum atomic E-state index is -0.117. The van der Waals surface area contributed by atoms with Crippen molar-refractivity contribution in [2.75, 3.05) is 6.61 Å². The topological polar surface area (TPSA) is 46.5 Å². The first-order chi connectivity index (χ1) is 9.97. The van der Waals surface area contributed by atoms with Gasteiger partial charge in [-0.05, 0) is 44.2 Å². The summed E-state index contributed by atoms with van der Waals surface area (Å²) in [6, 6.07) is 3.46. The van der Waals surface area contributed by atoms with Crippen molar-refractivity contribution in [1.82, 2.24) is 0 Å². The van der Waals surface area contributed by atoms with Gasteiger partial charge >= 0.3 is 0 Å². The van der Waals surface area contributed by atoms with E-state index in [0.717, 1.165) is 30.7 Å². The van der Waals surface area contributed by atoms with E-state index < -0.39 is 0 Å². The molecule has 0 aromatic heterocycles. The Bertz CT molecular complexity index is 464. The summed E-state index contributed by atoms with van der Waals surface area (Å²) in [5.41, 5.74) is 1.14. The van der Waals surface area contributed by atoms with E-state index in [1.165, 1.54) is 13.3 Å². The number of phenolic OH excluding ortho intramolecular Hbond substituents is 1. The summed E-state index contributed by atoms with van der Waals surface area (Å²) in [4.78, 5) is 11.5. The van der Waals surface area contributed by atoms with Crippen LogP contribution in [0.1, 0.15) is 69.3 Å². The Kier molecular flexibility index (Phi) is 7.27. The Hall–Kier alpha value is -1.51. The van der Waals surface area contributed by atoms with Gasteiger partial charge in [0.15, 0.2) is 5.78 Å². The highest BCUT2D eigenvalue weighted by atomic mass is 16.5. The third-order valence-electron chi connectivity index (χ3n) is 3.55. The van der Waals surface area contributed by atoms with Gasteiger partial charge in [-0.15, -0.1) is 0 Å². The average Bonchev–Trinajstić information content (AvgIpc) is 2.41. The van der Waals surface area contributed by atoms with E-state index in [-0.39, 0.29) is 11.5 Å². The van der Waals surface area contributed by atoms with Crippen LogP contribution >= 0.6 is 0 Å². The van der Waals surface area contributed by atoms with Crippen molar-refractivity contribution >= 4 is 5.78 Å². The summed E-state index contributed by atoms with van der Waals surface area (Å²) in [6.07, 6.45) is 4.99. The van der Waals surface area contributed by atoms with Gasteiger partial charge in [0.05, 0.1) is 12.2 Å². The van der Waals surface area contributed by atoms with E-state index in [1.807, 2.05) is 13.0 Å². The minimum Gasteiger partial charge on any atom is -0.507 e. The molecule has 0 saturated carbocycles. The van der Waals surface area contributed by atoms with Gasteiger partial charge in [0, 0.05) is 5.56 Å². The Morgan fingerprint density at radius 3 is 2.57 bits per heavy atom. The van der Waals surface area contributed by atoms with Gasteiger partial charge in [-0.1, -0.05) is 33.6 Å². The van der Waals surface area contributed by atoms with Crippen LogP contribution in [0.15, 0.2) is 12.1 Å². The number of carbonyl (C=O) groups excluding carboxylic acids is 1. The number of aromatic hydroxyl groups is 1. The molecule has 0 unspecified atom stereocenters. The molecule has 1 rings (SSSR count). The number of carbonyl (C=O) groups is 1. The van der Waals surface area contributed by atoms with Gasteiger partial charge in [-0.25, -0.2) is 0 Å². The van der Waals surface area contributed by atoms with Crippen molar-refractivity contribution < 1.29 is 14.6 Å². The molecule has 0 spiro atoms. The molecular formula is C18H28O3. The molecule has 0 atom stereocenters. The van der Waals surface area contributed by atoms with Gasteiger partial charge in [0.2, 0.25) is 0 Å². The summed E-state index contributed by atoms with van der Waals surface area (Å²) in [5.74, 6) is 1.40. The van der Waals surface area contributed by atoms with Crippen LogP contribution in [0.2, 0.25) is 0 Å². The lowest BCUT2D eigenvalue weighted by Crippen LogP contribution is -2.04. The average molecular weight is 292 g/mol. The lowest BCUT2D eigenvalue weighted by molar-refractivity contribution is 0.101. The monoisotopic (exact) mass is 292 g/mol. The highest BCUT2D eigenvalue weighted by molar-refractivity contribution is 5.97. The first-order valence-electron chi connectivity index (χ1n) is 7.95. The highest BCUT2D eigenvalue weighted by Crippen LogP contribution is 2.33. The molecule has 1 N–H and O–H groups in total. The minimum absolute atomic E-state index is 0.0871. The first kappa shape index (κ1) is 17.5. The van der Waals surface area contributed by atoms with Crippen LogP contribution in [-0.2, 0) is 6.42 Å². The number of hydrogen-bond acceptors (Lipinski definition) is 3. The zero-order valence-corrected chi connectivity index (χ0v) is 13.7. The van der Waals surface area contributed by atoms with Crippen LogP contribution in [0.3, 0.4) is 0 Å². The van der Waals surface area contributed by atoms with Crippen molar-refractivity contribution in [2.45, 2.75) is 59.8 Å². The fraction of sp³-hybridized carbons (Fsp3) is 0.611. The molecule has 0 saturated heterocycles. The van der Waals surface area contributed by atoms with Crippen molar-refractivity contribution in [3.63, 3.8) is 0 Å². The fourth-order valence-corrected chi connectivity index (χ4v) is 2.37. The molecule has 0 bridgehead atoms. The molecule has 0 radical (unpaired) electrons. The van der Waals surface area contributed by atoms with Crippen molar-refractivity contribution in [3.05, 3.63) is 23.3 Å². The molecule has 1 aromatic rings. The molecule has 0 aliphatic rings. The van der Waals surface area contributed by atoms with Gasteiger partial charge in [0.25, 0.3) is 0 Å². The lowest BCUT2D eigenvalue weighted by Gasteiger charge is -2.14. The number of benzene rings is 1. The third-order valence-corrected chi connectivity index (χ3v) is 3.55. The molecule has 3 nitrogen and oxygen atoms in total. The van der Waals surface area contributed by atoms with Crippen LogP contribution in [0.25, 0.3) is 0 Å². The number of phenols is 1. The van der Waals surface area contributed by atoms with Crippen molar-refractivity contribution in [2.24, 2.45) is 5.92 Å². The van der Waals surface area contributed by atoms with Crippen molar-refractivity contribution in [3.8, 4) is 11.5 Å². The molecule has 118 valence electrons. The van der Waals surface area contributed by atoms with Crippen molar-refractivity contribution in [1.29, 1.82) is 0 Å². The number of rotatable bonds is 9. The third kappa shape index (κ3) is 5.41. The van der Waals surface area contributed by atoms with E-state index in [0.29, 0.717) is 24.3 Å². The molecule has 3 heteroatoms. The molecule has 0 heterocycles. The number of hydrogen-bond donors (Lipinski definition) is 1. The first-order valence-corrected chi connectivity index (χ1v) is 7.95. The summed E-state index contributed by atoms with van der Waals surface area (Å²) < 4.78 is 5.82. The molecule has 21 heavy (non-hydrogen) atoms. The fourth-order valence-electron chi connectivity index (χ4n) is 2.37. The maximum Gasteiger partial charge on any atom is 0.163 e. The number of ether oxygens (including phenoxy) is 1. The summed E-state index contributed by atoms with van der Waals surface area (Å²) in [6.45, 7) is 8.61. The van der Waals surface area contributed by atoms with Crippen LogP contribution in [0.4, 0.5) is 0 Å². The zero-order valence-electron chi connectivity index (χ0n) is 13.7. The second-order valence-electron chi connectivity index (χ2n) is 5.98. The number of unbranched alkanes of at least 4 members (excludes halogenated alkanes) is 1. The quantitative estimate of drug-likeness (QED) is 0.527. The van der Waals surface area contributed by atoms with Gasteiger partial charge in [-0.3, -0.25) is 4.79 Å². The molecule has 0 fully saturated rings. The van der Waals surface area contributed by atoms with E-state index in [4.69, 9.17) is 4.74 Å². The lowest BCUT2D eigenvalue weighted by atomic mass is 10.0. The van der Waals surface area contributed by atoms with Gasteiger partial charge in [-0.2, -0.15) is 0 Å². The van der Waals surface area contributed by atoms with E-state index in [2.05, 4.69) is 13.8 Å². The maximum atomic E-state index is 11.5. The highest BCUT2D eigenvalue weighted by Gasteiger charge is 2.15. The Morgan fingerprint density at radius 2 is 2.00 bits per heavy atom. The Morgan fingerprint density at radius 1 is 1.29 bits per heavy atom. The van der Waals surface area contributed by atoms with E-state index >= 15 is 0 Å². The zero-order chi connectivity index (χ0) is 15.8. The molecule has 0 aliphatic heterocycles. The molecule has 0 amide bonds. The second kappa shape index (κ2) is 8.71. The molecule has 0 aliphatic carbocycles. The Labute approximate surface area is 128 Å². The van der Waals surface area contributed by atoms with Crippen LogP contribution in [-0.4, -0.2) is 17.5 Å². The van der Waals surface area contributed by atoms with E-state index in [1.54, 1.807) is 6.07 Å². The predicted octanol–water partition coefficient (Wildman–Crippen LogP) is 4.75. The van der Waals surface area contributed by atoms with Crippen LogP contribution in [0, 0.1) is 5.92 Å². The largest absolute Gasteiger partial charge is 0.507 e. The summed E-state index contributed by atoms with van der Waals surface area (Å²) in [5, 5.41) is 10.2. The van der Waals surface area contributed by atoms with Gasteiger partial charge < -0.3 is 9.84 Å².